The summed E-state index contributed by atoms with van der Waals surface area (Å²) in [6.45, 7) is 3.18. The van der Waals surface area contributed by atoms with Gasteiger partial charge in [0, 0.05) is 25.6 Å². The van der Waals surface area contributed by atoms with Crippen LogP contribution in [0.3, 0.4) is 0 Å². The molecule has 136 valence electrons. The van der Waals surface area contributed by atoms with Crippen LogP contribution in [0.15, 0.2) is 0 Å². The summed E-state index contributed by atoms with van der Waals surface area (Å²) in [5, 5.41) is 12.3. The third-order valence-corrected chi connectivity index (χ3v) is 5.50. The van der Waals surface area contributed by atoms with Crippen molar-refractivity contribution < 1.29 is 13.2 Å². The lowest BCUT2D eigenvalue weighted by molar-refractivity contribution is 0.193. The fourth-order valence-electron chi connectivity index (χ4n) is 2.61. The number of hydrogen-bond donors (Lipinski definition) is 2. The van der Waals surface area contributed by atoms with Gasteiger partial charge in [0.15, 0.2) is 0 Å². The van der Waals surface area contributed by atoms with Crippen LogP contribution < -0.4 is 10.0 Å². The second-order valence-corrected chi connectivity index (χ2v) is 8.88. The van der Waals surface area contributed by atoms with E-state index in [1.54, 1.807) is 4.90 Å². The van der Waals surface area contributed by atoms with E-state index in [1.807, 2.05) is 0 Å². The molecule has 1 aliphatic rings. The second-order valence-electron chi connectivity index (χ2n) is 6.04. The molecule has 0 aromatic carbocycles. The standard InChI is InChI=1S/C14H25N5O3S2/c1-3-4-5-6-12-16-17-13(23-12)15-14(20)19-9-7-11(8-10-19)18-24(2,21)22/h11,18H,3-10H2,1-2H3,(H,15,17,20). The lowest BCUT2D eigenvalue weighted by Gasteiger charge is -2.31. The Morgan fingerprint density at radius 3 is 2.62 bits per heavy atom. The summed E-state index contributed by atoms with van der Waals surface area (Å²) in [4.78, 5) is 13.9. The van der Waals surface area contributed by atoms with Crippen LogP contribution >= 0.6 is 11.3 Å². The molecule has 24 heavy (non-hydrogen) atoms. The first-order valence-corrected chi connectivity index (χ1v) is 10.9. The number of nitrogens with one attached hydrogen (secondary N) is 2. The third-order valence-electron chi connectivity index (χ3n) is 3.84. The second kappa shape index (κ2) is 8.72. The maximum atomic E-state index is 12.2. The van der Waals surface area contributed by atoms with Gasteiger partial charge in [-0.05, 0) is 19.3 Å². The Morgan fingerprint density at radius 2 is 2.00 bits per heavy atom. The van der Waals surface area contributed by atoms with Gasteiger partial charge in [-0.2, -0.15) is 0 Å². The summed E-state index contributed by atoms with van der Waals surface area (Å²) >= 11 is 1.41. The fourth-order valence-corrected chi connectivity index (χ4v) is 4.22. The molecule has 0 aliphatic carbocycles. The molecule has 0 unspecified atom stereocenters. The molecule has 10 heteroatoms. The zero-order chi connectivity index (χ0) is 17.6. The zero-order valence-electron chi connectivity index (χ0n) is 14.1. The molecule has 1 fully saturated rings. The van der Waals surface area contributed by atoms with E-state index < -0.39 is 10.0 Å². The summed E-state index contributed by atoms with van der Waals surface area (Å²) in [5.74, 6) is 0. The Hall–Kier alpha value is -1.26. The van der Waals surface area contributed by atoms with Gasteiger partial charge in [0.1, 0.15) is 5.01 Å². The number of aromatic nitrogens is 2. The van der Waals surface area contributed by atoms with E-state index in [2.05, 4.69) is 27.2 Å². The quantitative estimate of drug-likeness (QED) is 0.707. The lowest BCUT2D eigenvalue weighted by Crippen LogP contribution is -2.47. The van der Waals surface area contributed by atoms with E-state index in [1.165, 1.54) is 11.3 Å². The molecule has 8 nitrogen and oxygen atoms in total. The van der Waals surface area contributed by atoms with Crippen LogP contribution in [-0.2, 0) is 16.4 Å². The number of likely N-dealkylation sites (tertiary alicyclic amines) is 1. The summed E-state index contributed by atoms with van der Waals surface area (Å²) in [6, 6.07) is -0.306. The molecule has 1 aromatic rings. The van der Waals surface area contributed by atoms with E-state index in [-0.39, 0.29) is 12.1 Å². The van der Waals surface area contributed by atoms with Crippen molar-refractivity contribution in [3.63, 3.8) is 0 Å². The lowest BCUT2D eigenvalue weighted by atomic mass is 10.1. The molecule has 2 amide bonds. The third kappa shape index (κ3) is 6.33. The highest BCUT2D eigenvalue weighted by Crippen LogP contribution is 2.19. The van der Waals surface area contributed by atoms with Crippen LogP contribution in [0, 0.1) is 0 Å². The molecule has 2 heterocycles. The topological polar surface area (TPSA) is 104 Å². The van der Waals surface area contributed by atoms with Gasteiger partial charge in [0.2, 0.25) is 15.2 Å². The van der Waals surface area contributed by atoms with Crippen molar-refractivity contribution in [1.29, 1.82) is 0 Å². The molecule has 1 saturated heterocycles. The van der Waals surface area contributed by atoms with Crippen molar-refractivity contribution in [2.24, 2.45) is 0 Å². The van der Waals surface area contributed by atoms with Crippen LogP contribution in [0.25, 0.3) is 0 Å². The van der Waals surface area contributed by atoms with Gasteiger partial charge in [-0.25, -0.2) is 17.9 Å². The van der Waals surface area contributed by atoms with Crippen LogP contribution in [-0.4, -0.2) is 54.9 Å². The predicted octanol–water partition coefficient (Wildman–Crippen LogP) is 1.82. The number of carbonyl (C=O) groups is 1. The normalized spacial score (nSPS) is 16.3. The number of piperidine rings is 1. The minimum Gasteiger partial charge on any atom is -0.324 e. The minimum absolute atomic E-state index is 0.101. The smallest absolute Gasteiger partial charge is 0.323 e. The number of aryl methyl sites for hydroxylation is 1. The predicted molar refractivity (Wildman–Crippen MR) is 94.7 cm³/mol. The van der Waals surface area contributed by atoms with Crippen LogP contribution in [0.2, 0.25) is 0 Å². The van der Waals surface area contributed by atoms with E-state index >= 15 is 0 Å². The molecule has 0 bridgehead atoms. The van der Waals surface area contributed by atoms with E-state index in [0.717, 1.165) is 36.9 Å². The van der Waals surface area contributed by atoms with Gasteiger partial charge in [0.05, 0.1) is 6.26 Å². The number of unbranched alkanes of at least 4 members (excludes halogenated alkanes) is 2. The Kier molecular flexibility index (Phi) is 6.93. The van der Waals surface area contributed by atoms with Crippen molar-refractivity contribution >= 4 is 32.5 Å². The number of anilines is 1. The van der Waals surface area contributed by atoms with Gasteiger partial charge in [-0.3, -0.25) is 5.32 Å². The molecular formula is C14H25N5O3S2. The molecule has 0 spiro atoms. The van der Waals surface area contributed by atoms with Crippen molar-refractivity contribution in [2.45, 2.75) is 51.5 Å². The Balaban J connectivity index is 1.77. The molecular weight excluding hydrogens is 350 g/mol. The first-order valence-electron chi connectivity index (χ1n) is 8.23. The van der Waals surface area contributed by atoms with Gasteiger partial charge in [-0.15, -0.1) is 10.2 Å². The Morgan fingerprint density at radius 1 is 1.29 bits per heavy atom. The molecule has 0 atom stereocenters. The van der Waals surface area contributed by atoms with Gasteiger partial charge < -0.3 is 4.90 Å². The number of sulfonamides is 1. The van der Waals surface area contributed by atoms with Crippen molar-refractivity contribution in [3.05, 3.63) is 5.01 Å². The van der Waals surface area contributed by atoms with Gasteiger partial charge in [0.25, 0.3) is 0 Å². The molecule has 2 N–H and O–H groups in total. The van der Waals surface area contributed by atoms with Gasteiger partial charge in [-0.1, -0.05) is 31.1 Å². The monoisotopic (exact) mass is 375 g/mol. The SMILES string of the molecule is CCCCCc1nnc(NC(=O)N2CCC(NS(C)(=O)=O)CC2)s1. The number of urea groups is 1. The highest BCUT2D eigenvalue weighted by molar-refractivity contribution is 7.88. The Labute approximate surface area is 147 Å². The van der Waals surface area contributed by atoms with E-state index in [0.29, 0.717) is 31.1 Å². The van der Waals surface area contributed by atoms with E-state index in [4.69, 9.17) is 0 Å². The summed E-state index contributed by atoms with van der Waals surface area (Å²) < 4.78 is 25.1. The maximum Gasteiger partial charge on any atom is 0.323 e. The molecule has 0 saturated carbocycles. The average Bonchev–Trinajstić information content (AvgIpc) is 2.94. The minimum atomic E-state index is -3.20. The number of amides is 2. The van der Waals surface area contributed by atoms with E-state index in [9.17, 15) is 13.2 Å². The largest absolute Gasteiger partial charge is 0.324 e. The highest BCUT2D eigenvalue weighted by atomic mass is 32.2. The van der Waals surface area contributed by atoms with Crippen molar-refractivity contribution in [3.8, 4) is 0 Å². The van der Waals surface area contributed by atoms with Crippen LogP contribution in [0.1, 0.15) is 44.0 Å². The average molecular weight is 376 g/mol. The zero-order valence-corrected chi connectivity index (χ0v) is 15.8. The molecule has 0 radical (unpaired) electrons. The van der Waals surface area contributed by atoms with Crippen molar-refractivity contribution in [2.75, 3.05) is 24.7 Å². The van der Waals surface area contributed by atoms with Gasteiger partial charge >= 0.3 is 6.03 Å². The first kappa shape index (κ1) is 19.1. The first-order chi connectivity index (χ1) is 11.4. The van der Waals surface area contributed by atoms with Crippen LogP contribution in [0.4, 0.5) is 9.93 Å². The maximum absolute atomic E-state index is 12.2. The van der Waals surface area contributed by atoms with Crippen molar-refractivity contribution in [1.82, 2.24) is 19.8 Å². The molecule has 1 aromatic heterocycles. The summed E-state index contributed by atoms with van der Waals surface area (Å²) in [5.41, 5.74) is 0. The number of hydrogen-bond acceptors (Lipinski definition) is 6. The molecule has 1 aliphatic heterocycles. The number of nitrogens with zero attached hydrogens (tertiary/aromatic N) is 3. The highest BCUT2D eigenvalue weighted by Gasteiger charge is 2.25. The van der Waals surface area contributed by atoms with Crippen LogP contribution in [0.5, 0.6) is 0 Å². The number of carbonyl (C=O) groups excluding carboxylic acids is 1. The fraction of sp³-hybridized carbons (Fsp3) is 0.786. The Bertz CT molecular complexity index is 639. The summed E-state index contributed by atoms with van der Waals surface area (Å²) in [7, 11) is -3.20. The molecule has 2 rings (SSSR count). The number of rotatable bonds is 7. The summed E-state index contributed by atoms with van der Waals surface area (Å²) in [6.07, 6.45) is 6.67.